The quantitative estimate of drug-likeness (QED) is 0.868. The number of nitrogens with one attached hydrogen (secondary N) is 2. The molecule has 102 valence electrons. The van der Waals surface area contributed by atoms with Gasteiger partial charge in [0, 0.05) is 24.5 Å². The normalized spacial score (nSPS) is 19.4. The molecule has 19 heavy (non-hydrogen) atoms. The minimum atomic E-state index is -3.23. The Labute approximate surface area is 111 Å². The zero-order valence-electron chi connectivity index (χ0n) is 10.3. The summed E-state index contributed by atoms with van der Waals surface area (Å²) in [5.41, 5.74) is 1.31. The van der Waals surface area contributed by atoms with Gasteiger partial charge in [0.05, 0.1) is 5.25 Å². The molecule has 1 aromatic carbocycles. The minimum absolute atomic E-state index is 0.119. The third-order valence-corrected chi connectivity index (χ3v) is 5.13. The van der Waals surface area contributed by atoms with Gasteiger partial charge in [-0.25, -0.2) is 13.2 Å². The highest BCUT2D eigenvalue weighted by molar-refractivity contribution is 7.93. The molecule has 1 aliphatic heterocycles. The van der Waals surface area contributed by atoms with Crippen molar-refractivity contribution in [1.82, 2.24) is 5.32 Å². The Morgan fingerprint density at radius 2 is 1.89 bits per heavy atom. The van der Waals surface area contributed by atoms with Gasteiger partial charge >= 0.3 is 6.03 Å². The van der Waals surface area contributed by atoms with Crippen molar-refractivity contribution in [1.29, 1.82) is 0 Å². The second-order valence-corrected chi connectivity index (χ2v) is 6.74. The van der Waals surface area contributed by atoms with Crippen molar-refractivity contribution in [2.75, 3.05) is 22.7 Å². The van der Waals surface area contributed by atoms with Crippen LogP contribution < -0.4 is 14.9 Å². The van der Waals surface area contributed by atoms with Gasteiger partial charge in [0.1, 0.15) is 0 Å². The lowest BCUT2D eigenvalue weighted by atomic mass is 10.2. The molecule has 3 rings (SSSR count). The lowest BCUT2D eigenvalue weighted by Gasteiger charge is -2.15. The average Bonchev–Trinajstić information content (AvgIpc) is 3.14. The highest BCUT2D eigenvalue weighted by Crippen LogP contribution is 2.30. The van der Waals surface area contributed by atoms with Gasteiger partial charge in [-0.1, -0.05) is 0 Å². The number of hydrogen-bond acceptors (Lipinski definition) is 3. The predicted molar refractivity (Wildman–Crippen MR) is 72.8 cm³/mol. The van der Waals surface area contributed by atoms with Gasteiger partial charge in [-0.05, 0) is 37.1 Å². The van der Waals surface area contributed by atoms with Gasteiger partial charge in [0.15, 0.2) is 0 Å². The average molecular weight is 281 g/mol. The first-order chi connectivity index (χ1) is 9.06. The van der Waals surface area contributed by atoms with E-state index in [2.05, 4.69) is 10.0 Å². The maximum atomic E-state index is 11.8. The van der Waals surface area contributed by atoms with E-state index in [1.165, 1.54) is 0 Å². The SMILES string of the molecule is O=C1NCCN1c1ccc(NS(=O)(=O)C2CC2)cc1. The van der Waals surface area contributed by atoms with Crippen molar-refractivity contribution in [2.24, 2.45) is 0 Å². The molecule has 1 heterocycles. The summed E-state index contributed by atoms with van der Waals surface area (Å²) in [6.45, 7) is 1.26. The first kappa shape index (κ1) is 12.3. The Morgan fingerprint density at radius 1 is 1.21 bits per heavy atom. The van der Waals surface area contributed by atoms with Crippen molar-refractivity contribution < 1.29 is 13.2 Å². The van der Waals surface area contributed by atoms with Crippen LogP contribution in [0.4, 0.5) is 16.2 Å². The number of rotatable bonds is 4. The van der Waals surface area contributed by atoms with Gasteiger partial charge in [0.25, 0.3) is 0 Å². The Balaban J connectivity index is 1.74. The number of nitrogens with zero attached hydrogens (tertiary/aromatic N) is 1. The smallest absolute Gasteiger partial charge is 0.321 e. The Kier molecular flexibility index (Phi) is 2.85. The van der Waals surface area contributed by atoms with E-state index in [0.29, 0.717) is 18.8 Å². The lowest BCUT2D eigenvalue weighted by Crippen LogP contribution is -2.27. The van der Waals surface area contributed by atoms with Gasteiger partial charge in [0.2, 0.25) is 10.0 Å². The third kappa shape index (κ3) is 2.51. The molecule has 0 unspecified atom stereocenters. The molecule has 0 aromatic heterocycles. The molecule has 2 fully saturated rings. The van der Waals surface area contributed by atoms with Crippen LogP contribution in [0.5, 0.6) is 0 Å². The van der Waals surface area contributed by atoms with Crippen LogP contribution in [0.2, 0.25) is 0 Å². The lowest BCUT2D eigenvalue weighted by molar-refractivity contribution is 0.252. The van der Waals surface area contributed by atoms with Crippen LogP contribution in [0, 0.1) is 0 Å². The van der Waals surface area contributed by atoms with Crippen molar-refractivity contribution in [3.63, 3.8) is 0 Å². The molecule has 7 heteroatoms. The van der Waals surface area contributed by atoms with Crippen molar-refractivity contribution >= 4 is 27.4 Å². The van der Waals surface area contributed by atoms with Crippen LogP contribution in [0.1, 0.15) is 12.8 Å². The number of urea groups is 1. The molecule has 2 aliphatic rings. The molecule has 1 saturated carbocycles. The maximum absolute atomic E-state index is 11.8. The fourth-order valence-corrected chi connectivity index (χ4v) is 3.44. The molecule has 2 N–H and O–H groups in total. The summed E-state index contributed by atoms with van der Waals surface area (Å²) in [4.78, 5) is 13.1. The van der Waals surface area contributed by atoms with E-state index in [1.807, 2.05) is 0 Å². The molecule has 0 bridgehead atoms. The van der Waals surface area contributed by atoms with Gasteiger partial charge in [-0.3, -0.25) is 9.62 Å². The highest BCUT2D eigenvalue weighted by Gasteiger charge is 2.35. The third-order valence-electron chi connectivity index (χ3n) is 3.26. The van der Waals surface area contributed by atoms with E-state index in [4.69, 9.17) is 0 Å². The summed E-state index contributed by atoms with van der Waals surface area (Å²) < 4.78 is 26.1. The number of amides is 2. The predicted octanol–water partition coefficient (Wildman–Crippen LogP) is 1.12. The Hall–Kier alpha value is -1.76. The van der Waals surface area contributed by atoms with Crippen LogP contribution in [0.25, 0.3) is 0 Å². The number of sulfonamides is 1. The van der Waals surface area contributed by atoms with Gasteiger partial charge < -0.3 is 5.32 Å². The summed E-state index contributed by atoms with van der Waals surface area (Å²) in [5, 5.41) is 2.48. The van der Waals surface area contributed by atoms with E-state index in [1.54, 1.807) is 29.2 Å². The molecule has 6 nitrogen and oxygen atoms in total. The topological polar surface area (TPSA) is 78.5 Å². The molecule has 0 atom stereocenters. The monoisotopic (exact) mass is 281 g/mol. The van der Waals surface area contributed by atoms with E-state index in [-0.39, 0.29) is 11.3 Å². The van der Waals surface area contributed by atoms with Crippen molar-refractivity contribution in [2.45, 2.75) is 18.1 Å². The molecule has 1 aromatic rings. The van der Waals surface area contributed by atoms with Crippen LogP contribution in [0.3, 0.4) is 0 Å². The van der Waals surface area contributed by atoms with Crippen LogP contribution in [0.15, 0.2) is 24.3 Å². The summed E-state index contributed by atoms with van der Waals surface area (Å²) in [6, 6.07) is 6.74. The minimum Gasteiger partial charge on any atom is -0.336 e. The Morgan fingerprint density at radius 3 is 2.42 bits per heavy atom. The first-order valence-corrected chi connectivity index (χ1v) is 7.78. The van der Waals surface area contributed by atoms with Gasteiger partial charge in [-0.2, -0.15) is 0 Å². The number of carbonyl (C=O) groups is 1. The van der Waals surface area contributed by atoms with Crippen molar-refractivity contribution in [3.8, 4) is 0 Å². The van der Waals surface area contributed by atoms with Crippen LogP contribution >= 0.6 is 0 Å². The molecule has 0 radical (unpaired) electrons. The fraction of sp³-hybridized carbons (Fsp3) is 0.417. The fourth-order valence-electron chi connectivity index (χ4n) is 2.05. The van der Waals surface area contributed by atoms with Gasteiger partial charge in [-0.15, -0.1) is 0 Å². The molecular weight excluding hydrogens is 266 g/mol. The maximum Gasteiger partial charge on any atom is 0.321 e. The van der Waals surface area contributed by atoms with E-state index in [0.717, 1.165) is 18.5 Å². The largest absolute Gasteiger partial charge is 0.336 e. The highest BCUT2D eigenvalue weighted by atomic mass is 32.2. The number of carbonyl (C=O) groups excluding carboxylic acids is 1. The number of benzene rings is 1. The second kappa shape index (κ2) is 4.41. The molecule has 0 spiro atoms. The molecule has 1 saturated heterocycles. The van der Waals surface area contributed by atoms with E-state index >= 15 is 0 Å². The second-order valence-electron chi connectivity index (χ2n) is 4.78. The number of anilines is 2. The van der Waals surface area contributed by atoms with Crippen molar-refractivity contribution in [3.05, 3.63) is 24.3 Å². The summed E-state index contributed by atoms with van der Waals surface area (Å²) in [6.07, 6.45) is 1.47. The first-order valence-electron chi connectivity index (χ1n) is 6.23. The van der Waals surface area contributed by atoms with Crippen LogP contribution in [-0.4, -0.2) is 32.8 Å². The molecular formula is C12H15N3O3S. The van der Waals surface area contributed by atoms with E-state index < -0.39 is 10.0 Å². The molecule has 2 amide bonds. The summed E-state index contributed by atoms with van der Waals surface area (Å²) in [7, 11) is -3.23. The van der Waals surface area contributed by atoms with E-state index in [9.17, 15) is 13.2 Å². The zero-order valence-corrected chi connectivity index (χ0v) is 11.1. The summed E-state index contributed by atoms with van der Waals surface area (Å²) in [5.74, 6) is 0. The zero-order chi connectivity index (χ0) is 13.5. The standard InChI is InChI=1S/C12H15N3O3S/c16-12-13-7-8-15(12)10-3-1-9(2-4-10)14-19(17,18)11-5-6-11/h1-4,11,14H,5-8H2,(H,13,16). The van der Waals surface area contributed by atoms with Crippen LogP contribution in [-0.2, 0) is 10.0 Å². The number of hydrogen-bond donors (Lipinski definition) is 2. The molecule has 1 aliphatic carbocycles. The Bertz CT molecular complexity index is 593. The summed E-state index contributed by atoms with van der Waals surface area (Å²) >= 11 is 0.